The number of anilines is 2. The third kappa shape index (κ3) is 3.47. The molecule has 0 aliphatic heterocycles. The van der Waals surface area contributed by atoms with E-state index in [9.17, 15) is 4.79 Å². The predicted octanol–water partition coefficient (Wildman–Crippen LogP) is 2.12. The molecule has 2 N–H and O–H groups in total. The van der Waals surface area contributed by atoms with Gasteiger partial charge in [0, 0.05) is 24.1 Å². The third-order valence-electron chi connectivity index (χ3n) is 3.17. The van der Waals surface area contributed by atoms with E-state index in [1.54, 1.807) is 7.11 Å². The first kappa shape index (κ1) is 13.4. The summed E-state index contributed by atoms with van der Waals surface area (Å²) in [6, 6.07) is 7.76. The van der Waals surface area contributed by atoms with Crippen molar-refractivity contribution in [1.29, 1.82) is 0 Å². The number of amides is 1. The summed E-state index contributed by atoms with van der Waals surface area (Å²) >= 11 is 0. The summed E-state index contributed by atoms with van der Waals surface area (Å²) < 4.78 is 5.09. The second-order valence-corrected chi connectivity index (χ2v) is 4.90. The molecule has 21 heavy (non-hydrogen) atoms. The maximum Gasteiger partial charge on any atom is 0.254 e. The Morgan fingerprint density at radius 2 is 1.86 bits per heavy atom. The molecule has 1 heterocycles. The summed E-state index contributed by atoms with van der Waals surface area (Å²) in [5.74, 6) is 1.12. The molecule has 1 aliphatic rings. The lowest BCUT2D eigenvalue weighted by Gasteiger charge is -2.06. The zero-order chi connectivity index (χ0) is 14.7. The summed E-state index contributed by atoms with van der Waals surface area (Å²) in [6.45, 7) is 0. The van der Waals surface area contributed by atoms with Crippen LogP contribution in [0.25, 0.3) is 0 Å². The number of carbonyl (C=O) groups excluding carboxylic acids is 1. The highest BCUT2D eigenvalue weighted by molar-refractivity contribution is 5.94. The molecule has 6 nitrogen and oxygen atoms in total. The van der Waals surface area contributed by atoms with Gasteiger partial charge in [0.2, 0.25) is 5.95 Å². The Bertz CT molecular complexity index is 621. The topological polar surface area (TPSA) is 76.1 Å². The van der Waals surface area contributed by atoms with Crippen molar-refractivity contribution in [3.8, 4) is 5.75 Å². The number of nitrogens with zero attached hydrogens (tertiary/aromatic N) is 2. The van der Waals surface area contributed by atoms with Gasteiger partial charge < -0.3 is 15.4 Å². The van der Waals surface area contributed by atoms with Crippen molar-refractivity contribution in [3.05, 3.63) is 42.2 Å². The highest BCUT2D eigenvalue weighted by Crippen LogP contribution is 2.20. The number of benzene rings is 1. The van der Waals surface area contributed by atoms with E-state index in [1.165, 1.54) is 12.4 Å². The van der Waals surface area contributed by atoms with Gasteiger partial charge in [0.05, 0.1) is 12.7 Å². The van der Waals surface area contributed by atoms with Crippen molar-refractivity contribution in [2.24, 2.45) is 0 Å². The highest BCUT2D eigenvalue weighted by Gasteiger charge is 2.23. The zero-order valence-corrected chi connectivity index (χ0v) is 11.7. The predicted molar refractivity (Wildman–Crippen MR) is 78.8 cm³/mol. The van der Waals surface area contributed by atoms with Gasteiger partial charge in [0.25, 0.3) is 5.91 Å². The summed E-state index contributed by atoms with van der Waals surface area (Å²) in [7, 11) is 1.62. The van der Waals surface area contributed by atoms with Crippen LogP contribution in [-0.4, -0.2) is 29.0 Å². The Morgan fingerprint density at radius 3 is 2.43 bits per heavy atom. The molecule has 0 saturated heterocycles. The molecule has 0 bridgehead atoms. The Labute approximate surface area is 122 Å². The minimum absolute atomic E-state index is 0.117. The van der Waals surface area contributed by atoms with Crippen LogP contribution in [0.2, 0.25) is 0 Å². The average molecular weight is 284 g/mol. The molecule has 2 aromatic rings. The van der Waals surface area contributed by atoms with Crippen molar-refractivity contribution >= 4 is 17.5 Å². The maximum atomic E-state index is 11.8. The zero-order valence-electron chi connectivity index (χ0n) is 11.7. The van der Waals surface area contributed by atoms with E-state index < -0.39 is 0 Å². The first-order valence-electron chi connectivity index (χ1n) is 6.78. The molecule has 1 aromatic heterocycles. The molecule has 1 fully saturated rings. The number of ether oxygens (including phenoxy) is 1. The summed E-state index contributed by atoms with van der Waals surface area (Å²) in [5.41, 5.74) is 1.33. The van der Waals surface area contributed by atoms with Gasteiger partial charge in [0.15, 0.2) is 0 Å². The molecular weight excluding hydrogens is 268 g/mol. The normalized spacial score (nSPS) is 13.6. The minimum Gasteiger partial charge on any atom is -0.497 e. The molecule has 3 rings (SSSR count). The van der Waals surface area contributed by atoms with Gasteiger partial charge in [-0.2, -0.15) is 0 Å². The third-order valence-corrected chi connectivity index (χ3v) is 3.17. The lowest BCUT2D eigenvalue weighted by Crippen LogP contribution is -2.25. The van der Waals surface area contributed by atoms with E-state index in [-0.39, 0.29) is 5.91 Å². The van der Waals surface area contributed by atoms with Crippen molar-refractivity contribution < 1.29 is 9.53 Å². The molecule has 0 atom stereocenters. The minimum atomic E-state index is -0.117. The first-order valence-corrected chi connectivity index (χ1v) is 6.78. The number of aromatic nitrogens is 2. The highest BCUT2D eigenvalue weighted by atomic mass is 16.5. The first-order chi connectivity index (χ1) is 10.2. The van der Waals surface area contributed by atoms with Crippen molar-refractivity contribution in [1.82, 2.24) is 15.3 Å². The van der Waals surface area contributed by atoms with Gasteiger partial charge in [-0.05, 0) is 37.1 Å². The summed E-state index contributed by atoms with van der Waals surface area (Å²) in [4.78, 5) is 20.1. The fraction of sp³-hybridized carbons (Fsp3) is 0.267. The largest absolute Gasteiger partial charge is 0.497 e. The number of rotatable bonds is 5. The van der Waals surface area contributed by atoms with E-state index >= 15 is 0 Å². The van der Waals surface area contributed by atoms with Gasteiger partial charge in [-0.25, -0.2) is 9.97 Å². The molecule has 0 unspecified atom stereocenters. The Morgan fingerprint density at radius 1 is 1.19 bits per heavy atom. The van der Waals surface area contributed by atoms with Crippen LogP contribution in [0.5, 0.6) is 5.75 Å². The van der Waals surface area contributed by atoms with Crippen LogP contribution in [0, 0.1) is 0 Å². The van der Waals surface area contributed by atoms with Gasteiger partial charge >= 0.3 is 0 Å². The molecule has 1 amide bonds. The molecule has 1 saturated carbocycles. The Kier molecular flexibility index (Phi) is 3.68. The lowest BCUT2D eigenvalue weighted by atomic mass is 10.3. The molecule has 1 aliphatic carbocycles. The fourth-order valence-electron chi connectivity index (χ4n) is 1.81. The molecular formula is C15H16N4O2. The van der Waals surface area contributed by atoms with E-state index in [4.69, 9.17) is 4.74 Å². The monoisotopic (exact) mass is 284 g/mol. The lowest BCUT2D eigenvalue weighted by molar-refractivity contribution is 0.0950. The van der Waals surface area contributed by atoms with Crippen LogP contribution in [0.3, 0.4) is 0 Å². The standard InChI is InChI=1S/C15H16N4O2/c1-21-13-6-4-12(5-7-13)19-15-16-8-10(9-17-15)14(20)18-11-2-3-11/h4-9,11H,2-3H2,1H3,(H,18,20)(H,16,17,19). The van der Waals surface area contributed by atoms with Crippen LogP contribution in [-0.2, 0) is 0 Å². The summed E-state index contributed by atoms with van der Waals surface area (Å²) in [6.07, 6.45) is 5.17. The molecule has 108 valence electrons. The smallest absolute Gasteiger partial charge is 0.254 e. The average Bonchev–Trinajstić information content (AvgIpc) is 3.33. The number of carbonyl (C=O) groups is 1. The Balaban J connectivity index is 1.64. The molecule has 6 heteroatoms. The van der Waals surface area contributed by atoms with E-state index in [0.717, 1.165) is 24.3 Å². The van der Waals surface area contributed by atoms with Gasteiger partial charge in [-0.3, -0.25) is 4.79 Å². The van der Waals surface area contributed by atoms with Crippen molar-refractivity contribution in [2.45, 2.75) is 18.9 Å². The quantitative estimate of drug-likeness (QED) is 0.879. The van der Waals surface area contributed by atoms with Gasteiger partial charge in [-0.1, -0.05) is 0 Å². The number of hydrogen-bond donors (Lipinski definition) is 2. The summed E-state index contributed by atoms with van der Waals surface area (Å²) in [5, 5.41) is 5.96. The second-order valence-electron chi connectivity index (χ2n) is 4.90. The number of nitrogens with one attached hydrogen (secondary N) is 2. The van der Waals surface area contributed by atoms with Crippen LogP contribution >= 0.6 is 0 Å². The fourth-order valence-corrected chi connectivity index (χ4v) is 1.81. The number of hydrogen-bond acceptors (Lipinski definition) is 5. The van der Waals surface area contributed by atoms with E-state index in [0.29, 0.717) is 17.6 Å². The second kappa shape index (κ2) is 5.78. The van der Waals surface area contributed by atoms with Gasteiger partial charge in [0.1, 0.15) is 5.75 Å². The van der Waals surface area contributed by atoms with Gasteiger partial charge in [-0.15, -0.1) is 0 Å². The van der Waals surface area contributed by atoms with Crippen LogP contribution in [0.1, 0.15) is 23.2 Å². The van der Waals surface area contributed by atoms with E-state index in [1.807, 2.05) is 24.3 Å². The Hall–Kier alpha value is -2.63. The van der Waals surface area contributed by atoms with Crippen LogP contribution in [0.4, 0.5) is 11.6 Å². The van der Waals surface area contributed by atoms with Crippen LogP contribution in [0.15, 0.2) is 36.7 Å². The molecule has 0 spiro atoms. The van der Waals surface area contributed by atoms with Crippen LogP contribution < -0.4 is 15.4 Å². The maximum absolute atomic E-state index is 11.8. The van der Waals surface area contributed by atoms with Crippen molar-refractivity contribution in [3.63, 3.8) is 0 Å². The molecule has 1 aromatic carbocycles. The van der Waals surface area contributed by atoms with E-state index in [2.05, 4.69) is 20.6 Å². The number of methoxy groups -OCH3 is 1. The van der Waals surface area contributed by atoms with Crippen molar-refractivity contribution in [2.75, 3.05) is 12.4 Å². The molecule has 0 radical (unpaired) electrons. The SMILES string of the molecule is COc1ccc(Nc2ncc(C(=O)NC3CC3)cn2)cc1.